The van der Waals surface area contributed by atoms with Crippen LogP contribution in [0.2, 0.25) is 0 Å². The molecule has 3 fully saturated rings. The van der Waals surface area contributed by atoms with E-state index in [9.17, 15) is 89.1 Å². The summed E-state index contributed by atoms with van der Waals surface area (Å²) in [7, 11) is 1.51. The molecule has 0 aromatic heterocycles. The lowest BCUT2D eigenvalue weighted by Gasteiger charge is -2.42. The van der Waals surface area contributed by atoms with E-state index in [0.717, 1.165) is 5.92 Å². The van der Waals surface area contributed by atoms with Gasteiger partial charge in [0, 0.05) is 130 Å². The van der Waals surface area contributed by atoms with Crippen molar-refractivity contribution in [3.05, 3.63) is 0 Å². The van der Waals surface area contributed by atoms with Crippen LogP contribution in [0.1, 0.15) is 230 Å². The quantitative estimate of drug-likeness (QED) is 0.0388. The van der Waals surface area contributed by atoms with Crippen molar-refractivity contribution in [3.63, 3.8) is 0 Å². The summed E-state index contributed by atoms with van der Waals surface area (Å²) in [4.78, 5) is 119. The molecule has 0 radical (unpaired) electrons. The van der Waals surface area contributed by atoms with Crippen LogP contribution in [-0.4, -0.2) is 289 Å². The molecule has 0 spiro atoms. The summed E-state index contributed by atoms with van der Waals surface area (Å²) in [5.41, 5.74) is 0. The fraction of sp³-hybridized carbons (Fsp3) is 0.882. The highest BCUT2D eigenvalue weighted by Crippen LogP contribution is 2.29. The number of amides is 6. The molecule has 632 valence electrons. The molecule has 6 amide bonds. The van der Waals surface area contributed by atoms with Gasteiger partial charge in [-0.2, -0.15) is 0 Å². The zero-order chi connectivity index (χ0) is 80.1. The topological polar surface area (TPSA) is 476 Å². The predicted octanol–water partition coefficient (Wildman–Crippen LogP) is 2.20. The zero-order valence-corrected chi connectivity index (χ0v) is 65.6. The minimum atomic E-state index is -1.44. The van der Waals surface area contributed by atoms with E-state index >= 15 is 0 Å². The number of carbonyl (C=O) groups excluding carboxylic acids is 9. The minimum Gasteiger partial charge on any atom is -0.394 e. The first kappa shape index (κ1) is 103. The highest BCUT2D eigenvalue weighted by Gasteiger charge is 2.46. The third-order valence-electron chi connectivity index (χ3n) is 18.2. The average molecular weight is 1560 g/mol. The summed E-state index contributed by atoms with van der Waals surface area (Å²) >= 11 is 0. The van der Waals surface area contributed by atoms with Crippen LogP contribution in [0, 0.1) is 17.8 Å². The van der Waals surface area contributed by atoms with Gasteiger partial charge in [0.1, 0.15) is 66.1 Å². The first-order valence-corrected chi connectivity index (χ1v) is 39.3. The summed E-state index contributed by atoms with van der Waals surface area (Å²) in [6.07, 6.45) is -2.98. The SMILES string of the molecule is C.CC.CC(C)C.COCCC(=O)CCCC(=O)NCCCCC(C(=O)CCCCNC(=O)CCCCCO[C@@H]1OC(CO)[C@H](O)[C@H](O)C1C)N(CC(=O)CCCCNC(=O)CCCCCO[C@@H]1OC(CO)[C@H](O)[C@H](O)C1NC(C)=O)CC(=O)NCCCNC(=O)CCCCCO[C@@H]1OC(CO)[C@H](O)[C@H](O)C1C. The van der Waals surface area contributed by atoms with Crippen molar-refractivity contribution in [2.45, 2.75) is 316 Å². The van der Waals surface area contributed by atoms with Crippen molar-refractivity contribution in [2.75, 3.05) is 99.2 Å². The number of Topliss-reactive ketones (excluding diaryl/α,β-unsaturated/α-hetero) is 3. The number of ketones is 3. The number of nitrogens with zero attached hydrogens (tertiary/aromatic N) is 1. The largest absolute Gasteiger partial charge is 0.394 e. The van der Waals surface area contributed by atoms with E-state index in [2.05, 4.69) is 52.7 Å². The van der Waals surface area contributed by atoms with Gasteiger partial charge in [0.05, 0.1) is 57.8 Å². The van der Waals surface area contributed by atoms with E-state index in [1.807, 2.05) is 13.8 Å². The molecule has 0 aromatic carbocycles. The average Bonchev–Trinajstić information content (AvgIpc) is 0.813. The molecule has 16 atom stereocenters. The number of aliphatic hydroxyl groups excluding tert-OH is 9. The monoisotopic (exact) mass is 1550 g/mol. The first-order chi connectivity index (χ1) is 51.2. The van der Waals surface area contributed by atoms with Crippen molar-refractivity contribution in [1.29, 1.82) is 0 Å². The molecule has 3 rings (SSSR count). The molecule has 3 heterocycles. The number of aliphatic hydroxyl groups is 9. The molecule has 108 heavy (non-hydrogen) atoms. The van der Waals surface area contributed by atoms with Crippen LogP contribution < -0.4 is 31.9 Å². The molecular formula is C76H143N7O25. The second-order valence-electron chi connectivity index (χ2n) is 28.4. The number of hydrogen-bond donors (Lipinski definition) is 15. The number of unbranched alkanes of at least 4 members (excludes halogenated alkanes) is 9. The van der Waals surface area contributed by atoms with Crippen LogP contribution in [0.3, 0.4) is 0 Å². The number of nitrogens with one attached hydrogen (secondary N) is 6. The molecule has 3 aliphatic rings. The lowest BCUT2D eigenvalue weighted by atomic mass is 9.92. The van der Waals surface area contributed by atoms with E-state index in [1.54, 1.807) is 18.7 Å². The second-order valence-corrected chi connectivity index (χ2v) is 28.4. The Kier molecular flexibility index (Phi) is 59.8. The molecular weight excluding hydrogens is 1410 g/mol. The predicted molar refractivity (Wildman–Crippen MR) is 403 cm³/mol. The Balaban J connectivity index is 0.0000158. The zero-order valence-electron chi connectivity index (χ0n) is 65.6. The van der Waals surface area contributed by atoms with Crippen LogP contribution in [0.5, 0.6) is 0 Å². The van der Waals surface area contributed by atoms with Gasteiger partial charge in [-0.15, -0.1) is 0 Å². The molecule has 3 saturated heterocycles. The molecule has 0 aromatic rings. The molecule has 7 unspecified atom stereocenters. The number of ether oxygens (including phenoxy) is 7. The van der Waals surface area contributed by atoms with Gasteiger partial charge in [-0.1, -0.05) is 75.2 Å². The highest BCUT2D eigenvalue weighted by molar-refractivity contribution is 5.88. The second kappa shape index (κ2) is 62.7. The normalized spacial score (nSPS) is 24.2. The van der Waals surface area contributed by atoms with Crippen LogP contribution in [0.25, 0.3) is 0 Å². The summed E-state index contributed by atoms with van der Waals surface area (Å²) in [6, 6.07) is -1.96. The highest BCUT2D eigenvalue weighted by atomic mass is 16.7. The summed E-state index contributed by atoms with van der Waals surface area (Å²) in [6.45, 7) is 15.3. The van der Waals surface area contributed by atoms with E-state index < -0.39 is 129 Å². The van der Waals surface area contributed by atoms with Crippen LogP contribution in [0.4, 0.5) is 0 Å². The summed E-state index contributed by atoms with van der Waals surface area (Å²) in [5.74, 6) is -2.36. The number of carbonyl (C=O) groups is 9. The van der Waals surface area contributed by atoms with Crippen molar-refractivity contribution < 1.29 is 122 Å². The smallest absolute Gasteiger partial charge is 0.234 e. The summed E-state index contributed by atoms with van der Waals surface area (Å²) in [5, 5.41) is 107. The van der Waals surface area contributed by atoms with Crippen LogP contribution >= 0.6 is 0 Å². The van der Waals surface area contributed by atoms with Crippen LogP contribution in [-0.2, 0) is 76.3 Å². The molecule has 32 nitrogen and oxygen atoms in total. The fourth-order valence-corrected chi connectivity index (χ4v) is 12.0. The fourth-order valence-electron chi connectivity index (χ4n) is 12.0. The van der Waals surface area contributed by atoms with Gasteiger partial charge < -0.3 is 111 Å². The Morgan fingerprint density at radius 3 is 1.19 bits per heavy atom. The van der Waals surface area contributed by atoms with E-state index in [4.69, 9.17) is 33.2 Å². The van der Waals surface area contributed by atoms with E-state index in [0.29, 0.717) is 122 Å². The standard InChI is InChI=1S/C69H123N7O25.C4H10.C2H6.CH4/c1-45-61(89)63(91)52(42-77)99-67(45)96-36-17-5-8-26-56(85)71-33-16-13-25-51(83)50(24-12-15-32-72-58(87)29-20-23-48(81)30-39-95-4)76(41-59(88)74-35-21-34-73-57(86)28-9-6-18-37-97-68-46(2)62(90)64(92)53(43-78)100-68)40-49(82)22-11-14-31-70-55(84)27-10-7-19-38-98-69-60(75-47(3)80)66(94)65(93)54(44-79)101-69;1-4(2)3;1-2;/h45-46,50,52-54,60-69,77-79,89-94H,5-44H2,1-4H3,(H,70,84)(H,71,85)(H,72,87)(H,73,86)(H,74,88)(H,75,80);4H,1-3H3;1-2H3;1H4/t45?,46?,50?,52?,53?,54?,60?,61-,62-,63+,64+,65+,66-,67-,68-,69-;;;/m1.../s1. The number of methoxy groups -OCH3 is 1. The Bertz CT molecular complexity index is 2430. The molecule has 32 heteroatoms. The molecule has 0 saturated carbocycles. The lowest BCUT2D eigenvalue weighted by Crippen LogP contribution is -2.64. The third-order valence-corrected chi connectivity index (χ3v) is 18.2. The van der Waals surface area contributed by atoms with Gasteiger partial charge in [0.2, 0.25) is 35.4 Å². The maximum absolute atomic E-state index is 14.4. The van der Waals surface area contributed by atoms with Gasteiger partial charge in [-0.25, -0.2) is 0 Å². The Labute approximate surface area is 642 Å². The molecule has 0 aliphatic carbocycles. The number of hydrogen-bond acceptors (Lipinski definition) is 26. The molecule has 0 bridgehead atoms. The van der Waals surface area contributed by atoms with Gasteiger partial charge in [0.25, 0.3) is 0 Å². The molecule has 3 aliphatic heterocycles. The third kappa shape index (κ3) is 45.0. The minimum absolute atomic E-state index is 0. The van der Waals surface area contributed by atoms with Crippen molar-refractivity contribution in [2.24, 2.45) is 17.8 Å². The van der Waals surface area contributed by atoms with Gasteiger partial charge >= 0.3 is 0 Å². The maximum Gasteiger partial charge on any atom is 0.234 e. The van der Waals surface area contributed by atoms with E-state index in [-0.39, 0.29) is 165 Å². The summed E-state index contributed by atoms with van der Waals surface area (Å²) < 4.78 is 39.1. The maximum atomic E-state index is 14.4. The van der Waals surface area contributed by atoms with Gasteiger partial charge in [-0.05, 0) is 102 Å². The first-order valence-electron chi connectivity index (χ1n) is 39.3. The van der Waals surface area contributed by atoms with Crippen molar-refractivity contribution in [1.82, 2.24) is 36.8 Å². The van der Waals surface area contributed by atoms with Crippen LogP contribution in [0.15, 0.2) is 0 Å². The van der Waals surface area contributed by atoms with Gasteiger partial charge in [0.15, 0.2) is 18.9 Å². The Morgan fingerprint density at radius 1 is 0.407 bits per heavy atom. The van der Waals surface area contributed by atoms with Crippen molar-refractivity contribution >= 4 is 52.8 Å². The molecule has 15 N–H and O–H groups in total. The Morgan fingerprint density at radius 2 is 0.769 bits per heavy atom. The van der Waals surface area contributed by atoms with E-state index in [1.165, 1.54) is 14.0 Å². The van der Waals surface area contributed by atoms with Crippen molar-refractivity contribution in [3.8, 4) is 0 Å². The number of rotatable bonds is 57. The lowest BCUT2D eigenvalue weighted by molar-refractivity contribution is -0.282. The van der Waals surface area contributed by atoms with Gasteiger partial charge in [-0.3, -0.25) is 48.1 Å². The Hall–Kier alpha value is -4.85.